The van der Waals surface area contributed by atoms with Crippen LogP contribution in [-0.4, -0.2) is 56.5 Å². The van der Waals surface area contributed by atoms with Gasteiger partial charge in [0.2, 0.25) is 0 Å². The molecule has 0 atom stereocenters. The lowest BCUT2D eigenvalue weighted by molar-refractivity contribution is -0.138. The monoisotopic (exact) mass is 280 g/mol. The molecule has 1 heterocycles. The second-order valence-corrected chi connectivity index (χ2v) is 5.13. The minimum absolute atomic E-state index is 0.0395. The summed E-state index contributed by atoms with van der Waals surface area (Å²) in [6.45, 7) is 0.0979. The highest BCUT2D eigenvalue weighted by atomic mass is 16.4. The number of carbonyl (C=O) groups is 2. The van der Waals surface area contributed by atoms with Gasteiger partial charge in [-0.3, -0.25) is 4.79 Å². The summed E-state index contributed by atoms with van der Waals surface area (Å²) >= 11 is 0. The van der Waals surface area contributed by atoms with E-state index in [2.05, 4.69) is 9.97 Å². The molecule has 110 valence electrons. The summed E-state index contributed by atoms with van der Waals surface area (Å²) in [5, 5.41) is 9.00. The van der Waals surface area contributed by atoms with E-state index in [0.717, 1.165) is 25.7 Å². The standard InChI is InChI=1S/C13H20N4O3/c1-16(8-11-14-6-7-15-11)13(20)17(9-12(18)19)10-4-2-3-5-10/h6-7,10H,2-5,8-9H2,1H3,(H,14,15)(H,18,19). The van der Waals surface area contributed by atoms with Crippen molar-refractivity contribution in [2.45, 2.75) is 38.3 Å². The van der Waals surface area contributed by atoms with Crippen molar-refractivity contribution >= 4 is 12.0 Å². The summed E-state index contributed by atoms with van der Waals surface area (Å²) in [6, 6.07) is -0.214. The zero-order valence-electron chi connectivity index (χ0n) is 11.6. The number of nitrogens with one attached hydrogen (secondary N) is 1. The lowest BCUT2D eigenvalue weighted by Gasteiger charge is -2.31. The summed E-state index contributed by atoms with van der Waals surface area (Å²) in [4.78, 5) is 33.4. The summed E-state index contributed by atoms with van der Waals surface area (Å²) in [6.07, 6.45) is 7.19. The van der Waals surface area contributed by atoms with Gasteiger partial charge in [-0.25, -0.2) is 9.78 Å². The van der Waals surface area contributed by atoms with Crippen molar-refractivity contribution in [2.75, 3.05) is 13.6 Å². The van der Waals surface area contributed by atoms with E-state index in [9.17, 15) is 9.59 Å². The molecule has 2 rings (SSSR count). The Labute approximate surface area is 117 Å². The molecule has 1 aromatic rings. The number of carboxylic acids is 1. The molecule has 2 amide bonds. The first-order valence-electron chi connectivity index (χ1n) is 6.79. The molecule has 0 spiro atoms. The maximum absolute atomic E-state index is 12.4. The third-order valence-electron chi connectivity index (χ3n) is 3.59. The molecule has 0 saturated heterocycles. The molecular formula is C13H20N4O3. The average Bonchev–Trinajstić information content (AvgIpc) is 3.07. The molecule has 1 aromatic heterocycles. The van der Waals surface area contributed by atoms with Gasteiger partial charge in [-0.2, -0.15) is 0 Å². The summed E-state index contributed by atoms with van der Waals surface area (Å²) in [5.74, 6) is -0.292. The maximum atomic E-state index is 12.4. The Balaban J connectivity index is 2.02. The topological polar surface area (TPSA) is 89.5 Å². The van der Waals surface area contributed by atoms with Gasteiger partial charge in [0, 0.05) is 25.5 Å². The number of nitrogens with zero attached hydrogens (tertiary/aromatic N) is 3. The second-order valence-electron chi connectivity index (χ2n) is 5.13. The Hall–Kier alpha value is -2.05. The van der Waals surface area contributed by atoms with Gasteiger partial charge in [-0.05, 0) is 12.8 Å². The number of rotatable bonds is 5. The van der Waals surface area contributed by atoms with Crippen LogP contribution in [0.3, 0.4) is 0 Å². The minimum atomic E-state index is -0.975. The van der Waals surface area contributed by atoms with Crippen LogP contribution in [0.4, 0.5) is 4.79 Å². The highest BCUT2D eigenvalue weighted by Crippen LogP contribution is 2.24. The molecule has 20 heavy (non-hydrogen) atoms. The Morgan fingerprint density at radius 1 is 1.45 bits per heavy atom. The zero-order chi connectivity index (χ0) is 14.5. The molecular weight excluding hydrogens is 260 g/mol. The molecule has 0 aromatic carbocycles. The van der Waals surface area contributed by atoms with E-state index in [1.165, 1.54) is 9.80 Å². The number of aromatic nitrogens is 2. The normalized spacial score (nSPS) is 15.2. The first kappa shape index (κ1) is 14.4. The highest BCUT2D eigenvalue weighted by Gasteiger charge is 2.30. The van der Waals surface area contributed by atoms with Crippen molar-refractivity contribution in [3.63, 3.8) is 0 Å². The van der Waals surface area contributed by atoms with Crippen molar-refractivity contribution in [1.29, 1.82) is 0 Å². The Morgan fingerprint density at radius 3 is 2.70 bits per heavy atom. The number of H-pyrrole nitrogens is 1. The van der Waals surface area contributed by atoms with Crippen LogP contribution in [0.5, 0.6) is 0 Å². The first-order chi connectivity index (χ1) is 9.58. The quantitative estimate of drug-likeness (QED) is 0.850. The summed E-state index contributed by atoms with van der Waals surface area (Å²) in [7, 11) is 1.66. The van der Waals surface area contributed by atoms with Gasteiger partial charge in [0.15, 0.2) is 0 Å². The average molecular weight is 280 g/mol. The Kier molecular flexibility index (Phi) is 4.60. The van der Waals surface area contributed by atoms with Gasteiger partial charge < -0.3 is 19.9 Å². The number of carboxylic acid groups (broad SMARTS) is 1. The molecule has 0 radical (unpaired) electrons. The zero-order valence-corrected chi connectivity index (χ0v) is 11.6. The number of urea groups is 1. The third kappa shape index (κ3) is 3.49. The predicted molar refractivity (Wildman–Crippen MR) is 72.0 cm³/mol. The number of imidazole rings is 1. The molecule has 1 saturated carbocycles. The van der Waals surface area contributed by atoms with Gasteiger partial charge in [0.25, 0.3) is 0 Å². The van der Waals surface area contributed by atoms with E-state index in [1.54, 1.807) is 19.4 Å². The van der Waals surface area contributed by atoms with Gasteiger partial charge in [-0.15, -0.1) is 0 Å². The van der Waals surface area contributed by atoms with E-state index in [1.807, 2.05) is 0 Å². The fraction of sp³-hybridized carbons (Fsp3) is 0.615. The lowest BCUT2D eigenvalue weighted by atomic mass is 10.2. The van der Waals surface area contributed by atoms with Crippen LogP contribution in [0.25, 0.3) is 0 Å². The minimum Gasteiger partial charge on any atom is -0.480 e. The molecule has 0 bridgehead atoms. The van der Waals surface area contributed by atoms with E-state index >= 15 is 0 Å². The smallest absolute Gasteiger partial charge is 0.323 e. The van der Waals surface area contributed by atoms with Crippen molar-refractivity contribution in [3.8, 4) is 0 Å². The van der Waals surface area contributed by atoms with E-state index < -0.39 is 5.97 Å². The largest absolute Gasteiger partial charge is 0.480 e. The second kappa shape index (κ2) is 6.40. The molecule has 0 unspecified atom stereocenters. The number of hydrogen-bond acceptors (Lipinski definition) is 3. The Morgan fingerprint density at radius 2 is 2.15 bits per heavy atom. The number of aromatic amines is 1. The van der Waals surface area contributed by atoms with Crippen molar-refractivity contribution in [3.05, 3.63) is 18.2 Å². The molecule has 1 aliphatic carbocycles. The molecule has 0 aliphatic heterocycles. The van der Waals surface area contributed by atoms with Crippen LogP contribution >= 0.6 is 0 Å². The van der Waals surface area contributed by atoms with E-state index in [4.69, 9.17) is 5.11 Å². The number of aliphatic carboxylic acids is 1. The molecule has 7 nitrogen and oxygen atoms in total. The van der Waals surface area contributed by atoms with Crippen LogP contribution < -0.4 is 0 Å². The van der Waals surface area contributed by atoms with Gasteiger partial charge in [0.1, 0.15) is 12.4 Å². The van der Waals surface area contributed by atoms with Crippen LogP contribution in [-0.2, 0) is 11.3 Å². The SMILES string of the molecule is CN(Cc1ncc[nH]1)C(=O)N(CC(=O)O)C1CCCC1. The van der Waals surface area contributed by atoms with Gasteiger partial charge in [-0.1, -0.05) is 12.8 Å². The van der Waals surface area contributed by atoms with Crippen molar-refractivity contribution in [2.24, 2.45) is 0 Å². The maximum Gasteiger partial charge on any atom is 0.323 e. The lowest BCUT2D eigenvalue weighted by Crippen LogP contribution is -2.48. The molecule has 1 aliphatic rings. The van der Waals surface area contributed by atoms with Crippen LogP contribution in [0.2, 0.25) is 0 Å². The van der Waals surface area contributed by atoms with Crippen molar-refractivity contribution < 1.29 is 14.7 Å². The van der Waals surface area contributed by atoms with E-state index in [0.29, 0.717) is 12.4 Å². The van der Waals surface area contributed by atoms with Gasteiger partial charge >= 0.3 is 12.0 Å². The molecule has 1 fully saturated rings. The fourth-order valence-corrected chi connectivity index (χ4v) is 2.61. The first-order valence-corrected chi connectivity index (χ1v) is 6.79. The third-order valence-corrected chi connectivity index (χ3v) is 3.59. The molecule has 2 N–H and O–H groups in total. The van der Waals surface area contributed by atoms with Crippen LogP contribution in [0, 0.1) is 0 Å². The Bertz CT molecular complexity index is 454. The number of hydrogen-bond donors (Lipinski definition) is 2. The van der Waals surface area contributed by atoms with Crippen LogP contribution in [0.1, 0.15) is 31.5 Å². The van der Waals surface area contributed by atoms with E-state index in [-0.39, 0.29) is 18.6 Å². The fourth-order valence-electron chi connectivity index (χ4n) is 2.61. The number of carbonyl (C=O) groups excluding carboxylic acids is 1. The summed E-state index contributed by atoms with van der Waals surface area (Å²) < 4.78 is 0. The molecule has 7 heteroatoms. The number of amides is 2. The van der Waals surface area contributed by atoms with Gasteiger partial charge in [0.05, 0.1) is 6.54 Å². The van der Waals surface area contributed by atoms with Crippen molar-refractivity contribution in [1.82, 2.24) is 19.8 Å². The summed E-state index contributed by atoms with van der Waals surface area (Å²) in [5.41, 5.74) is 0. The highest BCUT2D eigenvalue weighted by molar-refractivity contribution is 5.80. The van der Waals surface area contributed by atoms with Crippen LogP contribution in [0.15, 0.2) is 12.4 Å². The predicted octanol–water partition coefficient (Wildman–Crippen LogP) is 1.29.